The topological polar surface area (TPSA) is 116 Å². The van der Waals surface area contributed by atoms with Gasteiger partial charge in [0.05, 0.1) is 34.5 Å². The first kappa shape index (κ1) is 27.8. The van der Waals surface area contributed by atoms with Crippen molar-refractivity contribution in [1.29, 1.82) is 5.26 Å². The predicted octanol–water partition coefficient (Wildman–Crippen LogP) is 5.58. The zero-order chi connectivity index (χ0) is 26.6. The second kappa shape index (κ2) is 11.1. The van der Waals surface area contributed by atoms with Gasteiger partial charge < -0.3 is 15.2 Å². The Kier molecular flexibility index (Phi) is 8.54. The minimum absolute atomic E-state index is 0.183. The quantitative estimate of drug-likeness (QED) is 0.490. The number of nitriles is 1. The number of ether oxygens (including phenoxy) is 1. The van der Waals surface area contributed by atoms with Gasteiger partial charge in [-0.15, -0.1) is 0 Å². The molecule has 0 unspecified atom stereocenters. The fourth-order valence-electron chi connectivity index (χ4n) is 3.85. The van der Waals surface area contributed by atoms with Crippen molar-refractivity contribution in [3.63, 3.8) is 0 Å². The predicted molar refractivity (Wildman–Crippen MR) is 125 cm³/mol. The van der Waals surface area contributed by atoms with E-state index < -0.39 is 43.4 Å². The number of carboxylic acid groups (broad SMARTS) is 1. The van der Waals surface area contributed by atoms with E-state index in [9.17, 15) is 26.4 Å². The normalized spacial score (nSPS) is 20.5. The molecule has 0 spiro atoms. The number of hydrogen-bond donors (Lipinski definition) is 2. The lowest BCUT2D eigenvalue weighted by Crippen LogP contribution is -2.33. The molecule has 2 aromatic rings. The van der Waals surface area contributed by atoms with Crippen molar-refractivity contribution in [2.75, 3.05) is 0 Å². The molecule has 0 saturated heterocycles. The molecule has 2 N–H and O–H groups in total. The van der Waals surface area contributed by atoms with E-state index in [1.165, 1.54) is 12.1 Å². The molecule has 194 valence electrons. The van der Waals surface area contributed by atoms with E-state index in [0.29, 0.717) is 30.9 Å². The van der Waals surface area contributed by atoms with Gasteiger partial charge in [0.25, 0.3) is 0 Å². The summed E-state index contributed by atoms with van der Waals surface area (Å²) in [5, 5.41) is 18.4. The Labute approximate surface area is 211 Å². The number of rotatable bonds is 6. The van der Waals surface area contributed by atoms with E-state index in [4.69, 9.17) is 26.7 Å². The molecular weight excluding hydrogens is 521 g/mol. The average molecular weight is 545 g/mol. The molecular formula is C24H24ClF3N2O5S. The van der Waals surface area contributed by atoms with Crippen LogP contribution in [0.3, 0.4) is 0 Å². The maximum absolute atomic E-state index is 13.2. The molecule has 0 aliphatic heterocycles. The second-order valence-electron chi connectivity index (χ2n) is 8.66. The van der Waals surface area contributed by atoms with E-state index in [1.807, 2.05) is 18.2 Å². The van der Waals surface area contributed by atoms with Gasteiger partial charge >= 0.3 is 12.3 Å². The van der Waals surface area contributed by atoms with Crippen LogP contribution in [0.2, 0.25) is 5.02 Å². The van der Waals surface area contributed by atoms with Gasteiger partial charge in [-0.2, -0.15) is 18.4 Å². The van der Waals surface area contributed by atoms with Crippen LogP contribution in [0.5, 0.6) is 0 Å². The zero-order valence-corrected chi connectivity index (χ0v) is 20.5. The molecule has 2 aliphatic rings. The smallest absolute Gasteiger partial charge is 0.417 e. The third-order valence-corrected chi connectivity index (χ3v) is 8.51. The molecule has 0 heterocycles. The monoisotopic (exact) mass is 544 g/mol. The van der Waals surface area contributed by atoms with Crippen LogP contribution in [0.1, 0.15) is 43.2 Å². The van der Waals surface area contributed by atoms with Crippen molar-refractivity contribution < 1.29 is 36.2 Å². The molecule has 0 aromatic heterocycles. The summed E-state index contributed by atoms with van der Waals surface area (Å²) in [4.78, 5) is 9.30. The molecule has 12 heteroatoms. The number of carbonyl (C=O) groups is 1. The van der Waals surface area contributed by atoms with Gasteiger partial charge in [0, 0.05) is 5.02 Å². The van der Waals surface area contributed by atoms with Gasteiger partial charge in [0.1, 0.15) is 5.54 Å². The highest BCUT2D eigenvalue weighted by Gasteiger charge is 2.45. The number of nitrogens with zero attached hydrogens (tertiary/aromatic N) is 1. The van der Waals surface area contributed by atoms with E-state index >= 15 is 0 Å². The zero-order valence-electron chi connectivity index (χ0n) is 19.0. The molecule has 0 radical (unpaired) electrons. The van der Waals surface area contributed by atoms with Crippen LogP contribution in [0.15, 0.2) is 53.4 Å². The Hall–Kier alpha value is -2.81. The summed E-state index contributed by atoms with van der Waals surface area (Å²) < 4.78 is 70.9. The van der Waals surface area contributed by atoms with Crippen LogP contribution >= 0.6 is 11.6 Å². The van der Waals surface area contributed by atoms with Gasteiger partial charge in [0.15, 0.2) is 9.84 Å². The highest BCUT2D eigenvalue weighted by molar-refractivity contribution is 7.92. The van der Waals surface area contributed by atoms with Crippen molar-refractivity contribution in [2.45, 2.75) is 66.7 Å². The van der Waals surface area contributed by atoms with E-state index in [2.05, 4.69) is 5.32 Å². The lowest BCUT2D eigenvalue weighted by atomic mass is 10.2. The van der Waals surface area contributed by atoms with Gasteiger partial charge in [0.2, 0.25) is 0 Å². The van der Waals surface area contributed by atoms with Crippen molar-refractivity contribution in [2.24, 2.45) is 0 Å². The summed E-state index contributed by atoms with van der Waals surface area (Å²) in [6.45, 7) is 0.299. The minimum Gasteiger partial charge on any atom is -0.465 e. The van der Waals surface area contributed by atoms with Crippen molar-refractivity contribution in [3.05, 3.63) is 64.7 Å². The standard InChI is InChI=1S/C19H18ClF3O3S.C5H6N2O2/c20-14-7-5-13(6-8-14)12-26-15-9-10-16(11-15)27(24,25)18-4-2-1-3-17(18)19(21,22)23;6-3-5(1-2-5)7-4(8)9/h1-8,15-16H,9-12H2;7H,1-2H2,(H,8,9)/t15-,16-;/m0./s1. The Bertz CT molecular complexity index is 1230. The first-order chi connectivity index (χ1) is 16.9. The van der Waals surface area contributed by atoms with Gasteiger partial charge in [-0.1, -0.05) is 35.9 Å². The fraction of sp³-hybridized carbons (Fsp3) is 0.417. The number of alkyl halides is 3. The van der Waals surface area contributed by atoms with E-state index in [0.717, 1.165) is 17.7 Å². The molecule has 7 nitrogen and oxygen atoms in total. The van der Waals surface area contributed by atoms with Gasteiger partial charge in [-0.3, -0.25) is 0 Å². The molecule has 2 fully saturated rings. The number of sulfone groups is 1. The SMILES string of the molecule is N#CC1(NC(=O)O)CC1.O=S(=O)(c1ccccc1C(F)(F)F)[C@H]1CC[C@H](OCc2ccc(Cl)cc2)C1. The summed E-state index contributed by atoms with van der Waals surface area (Å²) in [7, 11) is -4.09. The third kappa shape index (κ3) is 7.12. The molecule has 1 amide bonds. The summed E-state index contributed by atoms with van der Waals surface area (Å²) in [6.07, 6.45) is -3.89. The molecule has 2 aromatic carbocycles. The van der Waals surface area contributed by atoms with Gasteiger partial charge in [-0.25, -0.2) is 13.2 Å². The minimum atomic E-state index is -4.72. The molecule has 2 saturated carbocycles. The maximum atomic E-state index is 13.2. The number of amides is 1. The summed E-state index contributed by atoms with van der Waals surface area (Å²) in [5.41, 5.74) is -0.949. The van der Waals surface area contributed by atoms with Crippen molar-refractivity contribution >= 4 is 27.5 Å². The Morgan fingerprint density at radius 3 is 2.33 bits per heavy atom. The van der Waals surface area contributed by atoms with Crippen LogP contribution in [-0.4, -0.2) is 36.5 Å². The molecule has 0 bridgehead atoms. The highest BCUT2D eigenvalue weighted by Crippen LogP contribution is 2.39. The molecule has 36 heavy (non-hydrogen) atoms. The van der Waals surface area contributed by atoms with Crippen LogP contribution in [0.4, 0.5) is 18.0 Å². The first-order valence-corrected chi connectivity index (χ1v) is 13.0. The highest BCUT2D eigenvalue weighted by atomic mass is 35.5. The number of benzene rings is 2. The van der Waals surface area contributed by atoms with Crippen LogP contribution in [0.25, 0.3) is 0 Å². The molecule has 4 rings (SSSR count). The van der Waals surface area contributed by atoms with Gasteiger partial charge in [-0.05, 0) is 61.9 Å². The Balaban J connectivity index is 0.000000338. The number of hydrogen-bond acceptors (Lipinski definition) is 5. The van der Waals surface area contributed by atoms with E-state index in [-0.39, 0.29) is 18.9 Å². The lowest BCUT2D eigenvalue weighted by molar-refractivity contribution is -0.139. The largest absolute Gasteiger partial charge is 0.465 e. The average Bonchev–Trinajstić information content (AvgIpc) is 3.41. The Morgan fingerprint density at radius 1 is 1.17 bits per heavy atom. The van der Waals surface area contributed by atoms with Crippen LogP contribution in [0, 0.1) is 11.3 Å². The van der Waals surface area contributed by atoms with Crippen LogP contribution in [-0.2, 0) is 27.4 Å². The Morgan fingerprint density at radius 2 is 1.81 bits per heavy atom. The summed E-state index contributed by atoms with van der Waals surface area (Å²) in [5.74, 6) is 0. The number of nitrogens with one attached hydrogen (secondary N) is 1. The summed E-state index contributed by atoms with van der Waals surface area (Å²) >= 11 is 5.82. The van der Waals surface area contributed by atoms with Crippen molar-refractivity contribution in [1.82, 2.24) is 5.32 Å². The lowest BCUT2D eigenvalue weighted by Gasteiger charge is -2.17. The second-order valence-corrected chi connectivity index (χ2v) is 11.3. The third-order valence-electron chi connectivity index (χ3n) is 5.98. The van der Waals surface area contributed by atoms with Crippen LogP contribution < -0.4 is 5.32 Å². The van der Waals surface area contributed by atoms with Crippen molar-refractivity contribution in [3.8, 4) is 6.07 Å². The maximum Gasteiger partial charge on any atom is 0.417 e. The first-order valence-electron chi connectivity index (χ1n) is 11.0. The fourth-order valence-corrected chi connectivity index (χ4v) is 6.01. The van der Waals surface area contributed by atoms with E-state index in [1.54, 1.807) is 12.1 Å². The summed E-state index contributed by atoms with van der Waals surface area (Å²) in [6, 6.07) is 13.3. The molecule has 2 atom stereocenters. The number of halogens is 4. The molecule has 2 aliphatic carbocycles.